The highest BCUT2D eigenvalue weighted by atomic mass is 16.4. The standard InChI is InChI=1S/C18H36N2O4/c1-3-5-9-13-19(17(21)22)15-11-7-8-12-16-20(18(23)24)14-10-6-4-2/h3-16H2,1-2H3,(H,21,22)(H,23,24). The third kappa shape index (κ3) is 12.0. The molecule has 2 N–H and O–H groups in total. The molecule has 0 heterocycles. The zero-order chi connectivity index (χ0) is 18.2. The molecule has 0 fully saturated rings. The van der Waals surface area contributed by atoms with Gasteiger partial charge in [-0.25, -0.2) is 9.59 Å². The Balaban J connectivity index is 3.81. The van der Waals surface area contributed by atoms with Crippen LogP contribution in [0.4, 0.5) is 9.59 Å². The topological polar surface area (TPSA) is 81.1 Å². The van der Waals surface area contributed by atoms with E-state index < -0.39 is 12.2 Å². The first kappa shape index (κ1) is 22.5. The largest absolute Gasteiger partial charge is 0.465 e. The molecule has 0 radical (unpaired) electrons. The Morgan fingerprint density at radius 2 is 0.875 bits per heavy atom. The minimum atomic E-state index is -0.834. The summed E-state index contributed by atoms with van der Waals surface area (Å²) in [5, 5.41) is 18.3. The van der Waals surface area contributed by atoms with Crippen LogP contribution in [0.5, 0.6) is 0 Å². The number of nitrogens with zero attached hydrogens (tertiary/aromatic N) is 2. The van der Waals surface area contributed by atoms with E-state index in [1.165, 1.54) is 9.80 Å². The highest BCUT2D eigenvalue weighted by molar-refractivity contribution is 5.65. The number of carboxylic acid groups (broad SMARTS) is 2. The summed E-state index contributed by atoms with van der Waals surface area (Å²) in [4.78, 5) is 25.3. The first-order valence-corrected chi connectivity index (χ1v) is 9.48. The average molecular weight is 344 g/mol. The Bertz CT molecular complexity index is 305. The van der Waals surface area contributed by atoms with Gasteiger partial charge in [-0.3, -0.25) is 0 Å². The molecule has 0 aliphatic rings. The quantitative estimate of drug-likeness (QED) is 0.415. The van der Waals surface area contributed by atoms with Crippen LogP contribution in [0.25, 0.3) is 0 Å². The number of hydrogen-bond donors (Lipinski definition) is 2. The second kappa shape index (κ2) is 15.1. The Hall–Kier alpha value is -1.46. The van der Waals surface area contributed by atoms with Crippen molar-refractivity contribution >= 4 is 12.2 Å². The minimum Gasteiger partial charge on any atom is -0.465 e. The van der Waals surface area contributed by atoms with E-state index in [1.54, 1.807) is 0 Å². The molecule has 0 rings (SSSR count). The molecule has 0 aromatic carbocycles. The first-order valence-electron chi connectivity index (χ1n) is 9.48. The monoisotopic (exact) mass is 344 g/mol. The summed E-state index contributed by atoms with van der Waals surface area (Å²) >= 11 is 0. The Labute approximate surface area is 146 Å². The lowest BCUT2D eigenvalue weighted by Gasteiger charge is -2.20. The van der Waals surface area contributed by atoms with Gasteiger partial charge >= 0.3 is 12.2 Å². The smallest absolute Gasteiger partial charge is 0.407 e. The van der Waals surface area contributed by atoms with Gasteiger partial charge in [0.15, 0.2) is 0 Å². The molecule has 0 aliphatic heterocycles. The molecule has 0 aliphatic carbocycles. The first-order chi connectivity index (χ1) is 11.5. The van der Waals surface area contributed by atoms with E-state index in [1.807, 2.05) is 0 Å². The van der Waals surface area contributed by atoms with Crippen molar-refractivity contribution in [3.8, 4) is 0 Å². The lowest BCUT2D eigenvalue weighted by atomic mass is 10.1. The van der Waals surface area contributed by atoms with Crippen LogP contribution in [0, 0.1) is 0 Å². The number of amides is 2. The zero-order valence-electron chi connectivity index (χ0n) is 15.5. The third-order valence-electron chi connectivity index (χ3n) is 4.21. The molecule has 0 aromatic rings. The van der Waals surface area contributed by atoms with Gasteiger partial charge in [0, 0.05) is 26.2 Å². The van der Waals surface area contributed by atoms with Crippen molar-refractivity contribution in [2.75, 3.05) is 26.2 Å². The summed E-state index contributed by atoms with van der Waals surface area (Å²) in [5.41, 5.74) is 0. The summed E-state index contributed by atoms with van der Waals surface area (Å²) in [6.45, 7) is 6.61. The average Bonchev–Trinajstić information content (AvgIpc) is 2.54. The predicted octanol–water partition coefficient (Wildman–Crippen LogP) is 4.89. The third-order valence-corrected chi connectivity index (χ3v) is 4.21. The maximum absolute atomic E-state index is 11.2. The van der Waals surface area contributed by atoms with Gasteiger partial charge in [-0.15, -0.1) is 0 Å². The molecule has 24 heavy (non-hydrogen) atoms. The maximum Gasteiger partial charge on any atom is 0.407 e. The highest BCUT2D eigenvalue weighted by Gasteiger charge is 2.12. The van der Waals surface area contributed by atoms with Gasteiger partial charge in [-0.2, -0.15) is 0 Å². The van der Waals surface area contributed by atoms with E-state index in [-0.39, 0.29) is 0 Å². The molecular formula is C18H36N2O4. The van der Waals surface area contributed by atoms with Crippen LogP contribution >= 0.6 is 0 Å². The maximum atomic E-state index is 11.2. The molecule has 0 saturated heterocycles. The number of unbranched alkanes of at least 4 members (excludes halogenated alkanes) is 7. The second-order valence-corrected chi connectivity index (χ2v) is 6.37. The Morgan fingerprint density at radius 1 is 0.583 bits per heavy atom. The molecule has 0 bridgehead atoms. The molecule has 0 aromatic heterocycles. The molecule has 142 valence electrons. The van der Waals surface area contributed by atoms with E-state index in [0.29, 0.717) is 26.2 Å². The minimum absolute atomic E-state index is 0.582. The van der Waals surface area contributed by atoms with Crippen LogP contribution in [-0.4, -0.2) is 58.4 Å². The number of carbonyl (C=O) groups is 2. The fourth-order valence-corrected chi connectivity index (χ4v) is 2.67. The van der Waals surface area contributed by atoms with Gasteiger partial charge in [0.1, 0.15) is 0 Å². The van der Waals surface area contributed by atoms with Crippen molar-refractivity contribution in [1.29, 1.82) is 0 Å². The summed E-state index contributed by atoms with van der Waals surface area (Å²) < 4.78 is 0. The SMILES string of the molecule is CCCCCN(CCCCCCN(CCCCC)C(=O)O)C(=O)O. The van der Waals surface area contributed by atoms with Crippen molar-refractivity contribution in [3.63, 3.8) is 0 Å². The van der Waals surface area contributed by atoms with Gasteiger partial charge in [-0.05, 0) is 25.7 Å². The predicted molar refractivity (Wildman–Crippen MR) is 96.7 cm³/mol. The Kier molecular flexibility index (Phi) is 14.2. The van der Waals surface area contributed by atoms with Crippen molar-refractivity contribution in [2.45, 2.75) is 78.1 Å². The van der Waals surface area contributed by atoms with Crippen LogP contribution in [0.2, 0.25) is 0 Å². The molecule has 0 unspecified atom stereocenters. The summed E-state index contributed by atoms with van der Waals surface area (Å²) in [6.07, 6.45) is 8.07. The summed E-state index contributed by atoms with van der Waals surface area (Å²) in [6, 6.07) is 0. The molecule has 2 amide bonds. The molecule has 0 atom stereocenters. The van der Waals surface area contributed by atoms with Gasteiger partial charge in [-0.1, -0.05) is 52.4 Å². The molecule has 6 nitrogen and oxygen atoms in total. The zero-order valence-corrected chi connectivity index (χ0v) is 15.5. The molecule has 6 heteroatoms. The van der Waals surface area contributed by atoms with Gasteiger partial charge in [0.25, 0.3) is 0 Å². The molecule has 0 spiro atoms. The number of rotatable bonds is 15. The van der Waals surface area contributed by atoms with Crippen molar-refractivity contribution < 1.29 is 19.8 Å². The van der Waals surface area contributed by atoms with Gasteiger partial charge in [0.2, 0.25) is 0 Å². The molecular weight excluding hydrogens is 308 g/mol. The van der Waals surface area contributed by atoms with Gasteiger partial charge < -0.3 is 20.0 Å². The summed E-state index contributed by atoms with van der Waals surface area (Å²) in [5.74, 6) is 0. The lowest BCUT2D eigenvalue weighted by molar-refractivity contribution is 0.140. The van der Waals surface area contributed by atoms with E-state index in [2.05, 4.69) is 13.8 Å². The van der Waals surface area contributed by atoms with E-state index in [4.69, 9.17) is 10.2 Å². The summed E-state index contributed by atoms with van der Waals surface area (Å²) in [7, 11) is 0. The number of hydrogen-bond acceptors (Lipinski definition) is 2. The van der Waals surface area contributed by atoms with Crippen molar-refractivity contribution in [2.24, 2.45) is 0 Å². The van der Waals surface area contributed by atoms with E-state index >= 15 is 0 Å². The fourth-order valence-electron chi connectivity index (χ4n) is 2.67. The lowest BCUT2D eigenvalue weighted by Crippen LogP contribution is -2.32. The second-order valence-electron chi connectivity index (χ2n) is 6.37. The molecule has 0 saturated carbocycles. The van der Waals surface area contributed by atoms with Gasteiger partial charge in [0.05, 0.1) is 0 Å². The van der Waals surface area contributed by atoms with Crippen LogP contribution in [0.15, 0.2) is 0 Å². The Morgan fingerprint density at radius 3 is 1.12 bits per heavy atom. The van der Waals surface area contributed by atoms with Crippen LogP contribution in [0.3, 0.4) is 0 Å². The van der Waals surface area contributed by atoms with Crippen LogP contribution < -0.4 is 0 Å². The van der Waals surface area contributed by atoms with Crippen molar-refractivity contribution in [3.05, 3.63) is 0 Å². The normalized spacial score (nSPS) is 10.6. The highest BCUT2D eigenvalue weighted by Crippen LogP contribution is 2.07. The van der Waals surface area contributed by atoms with Crippen LogP contribution in [0.1, 0.15) is 78.1 Å². The van der Waals surface area contributed by atoms with Crippen LogP contribution in [-0.2, 0) is 0 Å². The van der Waals surface area contributed by atoms with Crippen molar-refractivity contribution in [1.82, 2.24) is 9.80 Å². The fraction of sp³-hybridized carbons (Fsp3) is 0.889. The van der Waals surface area contributed by atoms with E-state index in [9.17, 15) is 9.59 Å². The van der Waals surface area contributed by atoms with E-state index in [0.717, 1.165) is 64.2 Å².